The third-order valence-corrected chi connectivity index (χ3v) is 7.46. The summed E-state index contributed by atoms with van der Waals surface area (Å²) in [6, 6.07) is 3.24. The number of likely N-dealkylation sites (tertiary alicyclic amines) is 1. The van der Waals surface area contributed by atoms with Crippen molar-refractivity contribution in [1.29, 1.82) is 0 Å². The number of piperidine rings is 1. The molecule has 6 nitrogen and oxygen atoms in total. The summed E-state index contributed by atoms with van der Waals surface area (Å²) in [7, 11) is -0.591. The van der Waals surface area contributed by atoms with Crippen LogP contribution in [0.15, 0.2) is 17.0 Å². The largest absolute Gasteiger partial charge is 0.352 e. The van der Waals surface area contributed by atoms with Crippen molar-refractivity contribution in [3.63, 3.8) is 0 Å². The summed E-state index contributed by atoms with van der Waals surface area (Å²) in [6.07, 6.45) is 2.18. The monoisotopic (exact) mass is 409 g/mol. The van der Waals surface area contributed by atoms with Crippen LogP contribution in [0.5, 0.6) is 0 Å². The maximum atomic E-state index is 12.6. The van der Waals surface area contributed by atoms with Gasteiger partial charge in [0.2, 0.25) is 10.0 Å². The first-order valence-corrected chi connectivity index (χ1v) is 11.5. The van der Waals surface area contributed by atoms with Crippen LogP contribution in [0.3, 0.4) is 0 Å². The van der Waals surface area contributed by atoms with Crippen LogP contribution in [-0.4, -0.2) is 63.8 Å². The van der Waals surface area contributed by atoms with Gasteiger partial charge in [0, 0.05) is 39.3 Å². The molecule has 7 heteroatoms. The van der Waals surface area contributed by atoms with Crippen LogP contribution in [0.4, 0.5) is 0 Å². The molecule has 1 aliphatic rings. The normalized spacial score (nSPS) is 21.1. The number of amides is 1. The van der Waals surface area contributed by atoms with Crippen LogP contribution in [0.2, 0.25) is 0 Å². The Bertz CT molecular complexity index is 795. The smallest absolute Gasteiger partial charge is 0.251 e. The number of carbonyl (C=O) groups is 1. The lowest BCUT2D eigenvalue weighted by atomic mass is 9.92. The molecule has 2 atom stereocenters. The van der Waals surface area contributed by atoms with Gasteiger partial charge >= 0.3 is 0 Å². The molecule has 0 saturated carbocycles. The Labute approximate surface area is 170 Å². The van der Waals surface area contributed by atoms with Crippen molar-refractivity contribution in [2.45, 2.75) is 45.4 Å². The third kappa shape index (κ3) is 5.55. The van der Waals surface area contributed by atoms with E-state index in [1.807, 2.05) is 6.92 Å². The number of sulfonamides is 1. The van der Waals surface area contributed by atoms with E-state index in [2.05, 4.69) is 24.1 Å². The van der Waals surface area contributed by atoms with Crippen LogP contribution < -0.4 is 5.32 Å². The highest BCUT2D eigenvalue weighted by Gasteiger charge is 2.23. The third-order valence-electron chi connectivity index (χ3n) is 5.52. The highest BCUT2D eigenvalue weighted by Crippen LogP contribution is 2.23. The first-order chi connectivity index (χ1) is 13.0. The number of benzene rings is 1. The van der Waals surface area contributed by atoms with E-state index in [-0.39, 0.29) is 10.8 Å². The molecular formula is C21H35N3O3S. The van der Waals surface area contributed by atoms with E-state index in [1.54, 1.807) is 13.0 Å². The average molecular weight is 410 g/mol. The van der Waals surface area contributed by atoms with Crippen molar-refractivity contribution in [2.24, 2.45) is 11.8 Å². The maximum Gasteiger partial charge on any atom is 0.251 e. The Morgan fingerprint density at radius 3 is 2.36 bits per heavy atom. The molecule has 158 valence electrons. The molecule has 0 bridgehead atoms. The number of nitrogens with one attached hydrogen (secondary N) is 1. The Kier molecular flexibility index (Phi) is 7.65. The number of nitrogens with zero attached hydrogens (tertiary/aromatic N) is 2. The number of rotatable bonds is 7. The van der Waals surface area contributed by atoms with Crippen molar-refractivity contribution < 1.29 is 13.2 Å². The molecule has 2 rings (SSSR count). The molecule has 1 fully saturated rings. The fourth-order valence-corrected chi connectivity index (χ4v) is 5.22. The van der Waals surface area contributed by atoms with Gasteiger partial charge in [-0.15, -0.1) is 0 Å². The molecule has 1 aromatic rings. The fraction of sp³-hybridized carbons (Fsp3) is 0.667. The van der Waals surface area contributed by atoms with E-state index in [1.165, 1.54) is 30.9 Å². The predicted molar refractivity (Wildman–Crippen MR) is 113 cm³/mol. The van der Waals surface area contributed by atoms with E-state index in [4.69, 9.17) is 0 Å². The van der Waals surface area contributed by atoms with E-state index in [0.29, 0.717) is 17.7 Å². The van der Waals surface area contributed by atoms with Gasteiger partial charge in [0.15, 0.2) is 0 Å². The Balaban J connectivity index is 1.98. The lowest BCUT2D eigenvalue weighted by molar-refractivity contribution is 0.0947. The number of hydrogen-bond acceptors (Lipinski definition) is 4. The van der Waals surface area contributed by atoms with E-state index < -0.39 is 10.0 Å². The minimum absolute atomic E-state index is 0.193. The first kappa shape index (κ1) is 22.8. The molecule has 1 N–H and O–H groups in total. The molecule has 28 heavy (non-hydrogen) atoms. The van der Waals surface area contributed by atoms with E-state index in [9.17, 15) is 13.2 Å². The maximum absolute atomic E-state index is 12.6. The zero-order valence-corrected chi connectivity index (χ0v) is 18.9. The average Bonchev–Trinajstić information content (AvgIpc) is 2.59. The predicted octanol–water partition coefficient (Wildman–Crippen LogP) is 2.65. The van der Waals surface area contributed by atoms with Gasteiger partial charge in [-0.2, -0.15) is 0 Å². The zero-order chi connectivity index (χ0) is 21.1. The van der Waals surface area contributed by atoms with Gasteiger partial charge in [0.05, 0.1) is 4.90 Å². The van der Waals surface area contributed by atoms with Gasteiger partial charge in [-0.3, -0.25) is 4.79 Å². The lowest BCUT2D eigenvalue weighted by Crippen LogP contribution is -2.40. The Hall–Kier alpha value is -1.44. The van der Waals surface area contributed by atoms with E-state index >= 15 is 0 Å². The van der Waals surface area contributed by atoms with Crippen molar-refractivity contribution in [1.82, 2.24) is 14.5 Å². The molecule has 1 aliphatic heterocycles. The Morgan fingerprint density at radius 1 is 1.18 bits per heavy atom. The molecule has 0 spiro atoms. The van der Waals surface area contributed by atoms with E-state index in [0.717, 1.165) is 43.5 Å². The Morgan fingerprint density at radius 2 is 1.79 bits per heavy atom. The number of aryl methyl sites for hydroxylation is 1. The highest BCUT2D eigenvalue weighted by atomic mass is 32.2. The quantitative estimate of drug-likeness (QED) is 0.703. The van der Waals surface area contributed by atoms with Crippen molar-refractivity contribution >= 4 is 15.9 Å². The molecule has 1 aromatic carbocycles. The molecule has 1 saturated heterocycles. The minimum atomic E-state index is -3.59. The zero-order valence-electron chi connectivity index (χ0n) is 18.1. The van der Waals surface area contributed by atoms with Crippen LogP contribution in [-0.2, 0) is 10.0 Å². The summed E-state index contributed by atoms with van der Waals surface area (Å²) in [5.74, 6) is 1.23. The van der Waals surface area contributed by atoms with Crippen molar-refractivity contribution in [2.75, 3.05) is 40.3 Å². The van der Waals surface area contributed by atoms with Gasteiger partial charge in [-0.25, -0.2) is 12.7 Å². The van der Waals surface area contributed by atoms with Crippen molar-refractivity contribution in [3.8, 4) is 0 Å². The second-order valence-corrected chi connectivity index (χ2v) is 10.6. The standard InChI is InChI=1S/C21H35N3O3S/c1-15-10-16(2)14-24(13-15)9-7-8-22-21(25)19-11-17(3)18(4)20(12-19)28(26,27)23(5)6/h11-12,15-16H,7-10,13-14H2,1-6H3,(H,22,25). The molecule has 1 heterocycles. The molecular weight excluding hydrogens is 374 g/mol. The summed E-state index contributed by atoms with van der Waals surface area (Å²) in [5.41, 5.74) is 1.87. The molecule has 0 aliphatic carbocycles. The van der Waals surface area contributed by atoms with Crippen molar-refractivity contribution in [3.05, 3.63) is 28.8 Å². The second kappa shape index (κ2) is 9.37. The minimum Gasteiger partial charge on any atom is -0.352 e. The number of hydrogen-bond donors (Lipinski definition) is 1. The summed E-state index contributed by atoms with van der Waals surface area (Å²) >= 11 is 0. The van der Waals surface area contributed by atoms with Crippen LogP contribution in [0.25, 0.3) is 0 Å². The fourth-order valence-electron chi connectivity index (χ4n) is 4.00. The molecule has 1 amide bonds. The molecule has 2 unspecified atom stereocenters. The first-order valence-electron chi connectivity index (χ1n) is 10.1. The second-order valence-electron chi connectivity index (χ2n) is 8.52. The SMILES string of the molecule is Cc1cc(C(=O)NCCCN2CC(C)CC(C)C2)cc(S(=O)(=O)N(C)C)c1C. The van der Waals surface area contributed by atoms with Crippen LogP contribution in [0, 0.1) is 25.7 Å². The summed E-state index contributed by atoms with van der Waals surface area (Å²) in [4.78, 5) is 15.2. The summed E-state index contributed by atoms with van der Waals surface area (Å²) < 4.78 is 26.3. The topological polar surface area (TPSA) is 69.7 Å². The molecule has 0 radical (unpaired) electrons. The number of carbonyl (C=O) groups excluding carboxylic acids is 1. The van der Waals surface area contributed by atoms with Gasteiger partial charge in [0.1, 0.15) is 0 Å². The highest BCUT2D eigenvalue weighted by molar-refractivity contribution is 7.89. The van der Waals surface area contributed by atoms with Gasteiger partial charge in [-0.1, -0.05) is 13.8 Å². The summed E-state index contributed by atoms with van der Waals surface area (Å²) in [6.45, 7) is 12.0. The summed E-state index contributed by atoms with van der Waals surface area (Å²) in [5, 5.41) is 2.94. The van der Waals surface area contributed by atoms with Gasteiger partial charge in [-0.05, 0) is 68.3 Å². The lowest BCUT2D eigenvalue weighted by Gasteiger charge is -2.34. The van der Waals surface area contributed by atoms with Gasteiger partial charge in [0.25, 0.3) is 5.91 Å². The van der Waals surface area contributed by atoms with Crippen LogP contribution in [0.1, 0.15) is 48.2 Å². The van der Waals surface area contributed by atoms with Gasteiger partial charge < -0.3 is 10.2 Å². The molecule has 0 aromatic heterocycles. The van der Waals surface area contributed by atoms with Crippen LogP contribution >= 0.6 is 0 Å².